The molecular formula is C15H26N2O3. The van der Waals surface area contributed by atoms with Crippen LogP contribution in [0.4, 0.5) is 4.79 Å². The molecule has 2 rings (SSSR count). The van der Waals surface area contributed by atoms with Gasteiger partial charge in [-0.15, -0.1) is 0 Å². The summed E-state index contributed by atoms with van der Waals surface area (Å²) in [5.41, 5.74) is 0.340. The highest BCUT2D eigenvalue weighted by molar-refractivity contribution is 5.74. The maximum atomic E-state index is 12.2. The Morgan fingerprint density at radius 1 is 1.25 bits per heavy atom. The van der Waals surface area contributed by atoms with E-state index in [0.29, 0.717) is 24.5 Å². The SMILES string of the molecule is CC1(C)CCC(NC(=O)N2CCC(CC(=O)O)CC2)C1. The molecule has 0 spiro atoms. The van der Waals surface area contributed by atoms with Crippen molar-refractivity contribution in [1.29, 1.82) is 0 Å². The topological polar surface area (TPSA) is 69.6 Å². The van der Waals surface area contributed by atoms with E-state index in [9.17, 15) is 9.59 Å². The van der Waals surface area contributed by atoms with Gasteiger partial charge < -0.3 is 15.3 Å². The predicted octanol–water partition coefficient (Wildman–Crippen LogP) is 2.46. The molecular weight excluding hydrogens is 256 g/mol. The minimum absolute atomic E-state index is 0.0291. The first-order chi connectivity index (χ1) is 9.35. The number of hydrogen-bond acceptors (Lipinski definition) is 2. The van der Waals surface area contributed by atoms with E-state index in [1.165, 1.54) is 6.42 Å². The second-order valence-corrected chi connectivity index (χ2v) is 7.08. The van der Waals surface area contributed by atoms with Crippen LogP contribution in [0.25, 0.3) is 0 Å². The Bertz CT molecular complexity index is 373. The number of amides is 2. The quantitative estimate of drug-likeness (QED) is 0.835. The summed E-state index contributed by atoms with van der Waals surface area (Å²) in [7, 11) is 0. The van der Waals surface area contributed by atoms with Crippen molar-refractivity contribution in [2.75, 3.05) is 13.1 Å². The van der Waals surface area contributed by atoms with Crippen molar-refractivity contribution in [3.63, 3.8) is 0 Å². The lowest BCUT2D eigenvalue weighted by atomic mass is 9.92. The van der Waals surface area contributed by atoms with Crippen LogP contribution in [0.1, 0.15) is 52.4 Å². The molecule has 1 atom stereocenters. The van der Waals surface area contributed by atoms with Crippen molar-refractivity contribution >= 4 is 12.0 Å². The number of carboxylic acid groups (broad SMARTS) is 1. The molecule has 2 aliphatic rings. The Morgan fingerprint density at radius 2 is 1.90 bits per heavy atom. The third-order valence-electron chi connectivity index (χ3n) is 4.66. The standard InChI is InChI=1S/C15H26N2O3/c1-15(2)6-3-12(10-15)16-14(20)17-7-4-11(5-8-17)9-13(18)19/h11-12H,3-10H2,1-2H3,(H,16,20)(H,18,19). The van der Waals surface area contributed by atoms with E-state index in [4.69, 9.17) is 5.11 Å². The first-order valence-electron chi connectivity index (χ1n) is 7.63. The predicted molar refractivity (Wildman–Crippen MR) is 76.5 cm³/mol. The van der Waals surface area contributed by atoms with Gasteiger partial charge in [-0.1, -0.05) is 13.8 Å². The molecule has 1 saturated heterocycles. The van der Waals surface area contributed by atoms with Crippen LogP contribution in [0.15, 0.2) is 0 Å². The highest BCUT2D eigenvalue weighted by Crippen LogP contribution is 2.37. The summed E-state index contributed by atoms with van der Waals surface area (Å²) < 4.78 is 0. The van der Waals surface area contributed by atoms with Crippen molar-refractivity contribution in [2.24, 2.45) is 11.3 Å². The highest BCUT2D eigenvalue weighted by atomic mass is 16.4. The minimum Gasteiger partial charge on any atom is -0.481 e. The van der Waals surface area contributed by atoms with Gasteiger partial charge in [0.2, 0.25) is 0 Å². The molecule has 1 heterocycles. The van der Waals surface area contributed by atoms with Gasteiger partial charge in [0.25, 0.3) is 0 Å². The van der Waals surface area contributed by atoms with Crippen LogP contribution in [0.3, 0.4) is 0 Å². The largest absolute Gasteiger partial charge is 0.481 e. The Balaban J connectivity index is 1.74. The molecule has 114 valence electrons. The Kier molecular flexibility index (Phi) is 4.55. The summed E-state index contributed by atoms with van der Waals surface area (Å²) in [6, 6.07) is 0.329. The maximum absolute atomic E-state index is 12.2. The lowest BCUT2D eigenvalue weighted by molar-refractivity contribution is -0.138. The number of carboxylic acids is 1. The van der Waals surface area contributed by atoms with Gasteiger partial charge in [-0.05, 0) is 43.4 Å². The number of urea groups is 1. The molecule has 0 aromatic carbocycles. The zero-order valence-electron chi connectivity index (χ0n) is 12.5. The van der Waals surface area contributed by atoms with Gasteiger partial charge >= 0.3 is 12.0 Å². The van der Waals surface area contributed by atoms with E-state index in [1.807, 2.05) is 4.90 Å². The van der Waals surface area contributed by atoms with Crippen LogP contribution < -0.4 is 5.32 Å². The van der Waals surface area contributed by atoms with E-state index < -0.39 is 5.97 Å². The van der Waals surface area contributed by atoms with Crippen LogP contribution in [0.5, 0.6) is 0 Å². The summed E-state index contributed by atoms with van der Waals surface area (Å²) >= 11 is 0. The Labute approximate surface area is 120 Å². The van der Waals surface area contributed by atoms with Crippen molar-refractivity contribution < 1.29 is 14.7 Å². The first kappa shape index (κ1) is 15.1. The second kappa shape index (κ2) is 6.02. The Morgan fingerprint density at radius 3 is 2.40 bits per heavy atom. The lowest BCUT2D eigenvalue weighted by Gasteiger charge is -2.32. The van der Waals surface area contributed by atoms with Crippen molar-refractivity contribution in [3.8, 4) is 0 Å². The molecule has 2 N–H and O–H groups in total. The lowest BCUT2D eigenvalue weighted by Crippen LogP contribution is -2.47. The van der Waals surface area contributed by atoms with Crippen molar-refractivity contribution in [2.45, 2.75) is 58.4 Å². The smallest absolute Gasteiger partial charge is 0.317 e. The molecule has 1 aliphatic carbocycles. The fourth-order valence-corrected chi connectivity index (χ4v) is 3.41. The molecule has 0 radical (unpaired) electrons. The average molecular weight is 282 g/mol. The molecule has 5 heteroatoms. The number of aliphatic carboxylic acids is 1. The zero-order valence-corrected chi connectivity index (χ0v) is 12.5. The first-order valence-corrected chi connectivity index (χ1v) is 7.63. The fourth-order valence-electron chi connectivity index (χ4n) is 3.41. The van der Waals surface area contributed by atoms with Gasteiger partial charge in [-0.25, -0.2) is 4.79 Å². The normalized spacial score (nSPS) is 26.5. The van der Waals surface area contributed by atoms with Crippen molar-refractivity contribution in [1.82, 2.24) is 10.2 Å². The molecule has 0 aromatic heterocycles. The second-order valence-electron chi connectivity index (χ2n) is 7.08. The van der Waals surface area contributed by atoms with Crippen LogP contribution in [0, 0.1) is 11.3 Å². The number of likely N-dealkylation sites (tertiary alicyclic amines) is 1. The highest BCUT2D eigenvalue weighted by Gasteiger charge is 2.33. The zero-order chi connectivity index (χ0) is 14.8. The fraction of sp³-hybridized carbons (Fsp3) is 0.867. The molecule has 2 amide bonds. The van der Waals surface area contributed by atoms with Gasteiger partial charge in [0.15, 0.2) is 0 Å². The maximum Gasteiger partial charge on any atom is 0.317 e. The Hall–Kier alpha value is -1.26. The number of piperidine rings is 1. The average Bonchev–Trinajstić information content (AvgIpc) is 2.68. The summed E-state index contributed by atoms with van der Waals surface area (Å²) in [6.45, 7) is 5.85. The van der Waals surface area contributed by atoms with Crippen LogP contribution in [-0.4, -0.2) is 41.1 Å². The van der Waals surface area contributed by atoms with Crippen molar-refractivity contribution in [3.05, 3.63) is 0 Å². The molecule has 1 aliphatic heterocycles. The molecule has 0 bridgehead atoms. The molecule has 5 nitrogen and oxygen atoms in total. The minimum atomic E-state index is -0.735. The molecule has 0 aromatic rings. The molecule has 2 fully saturated rings. The van der Waals surface area contributed by atoms with Crippen LogP contribution in [-0.2, 0) is 4.79 Å². The van der Waals surface area contributed by atoms with E-state index in [-0.39, 0.29) is 18.4 Å². The van der Waals surface area contributed by atoms with E-state index >= 15 is 0 Å². The summed E-state index contributed by atoms with van der Waals surface area (Å²) in [4.78, 5) is 24.7. The third-order valence-corrected chi connectivity index (χ3v) is 4.66. The summed E-state index contributed by atoms with van der Waals surface area (Å²) in [6.07, 6.45) is 5.11. The number of carbonyl (C=O) groups is 2. The molecule has 1 saturated carbocycles. The molecule has 20 heavy (non-hydrogen) atoms. The van der Waals surface area contributed by atoms with Gasteiger partial charge in [0.1, 0.15) is 0 Å². The van der Waals surface area contributed by atoms with E-state index in [0.717, 1.165) is 25.7 Å². The number of nitrogens with zero attached hydrogens (tertiary/aromatic N) is 1. The van der Waals surface area contributed by atoms with E-state index in [1.54, 1.807) is 0 Å². The van der Waals surface area contributed by atoms with Gasteiger partial charge in [0, 0.05) is 25.6 Å². The monoisotopic (exact) mass is 282 g/mol. The van der Waals surface area contributed by atoms with Gasteiger partial charge in [-0.3, -0.25) is 4.79 Å². The number of nitrogens with one attached hydrogen (secondary N) is 1. The van der Waals surface area contributed by atoms with Gasteiger partial charge in [0.05, 0.1) is 0 Å². The van der Waals surface area contributed by atoms with Crippen LogP contribution in [0.2, 0.25) is 0 Å². The van der Waals surface area contributed by atoms with Gasteiger partial charge in [-0.2, -0.15) is 0 Å². The number of rotatable bonds is 3. The summed E-state index contributed by atoms with van der Waals surface area (Å²) in [5.74, 6) is -0.511. The summed E-state index contributed by atoms with van der Waals surface area (Å²) in [5, 5.41) is 11.9. The number of carbonyl (C=O) groups excluding carboxylic acids is 1. The van der Waals surface area contributed by atoms with E-state index in [2.05, 4.69) is 19.2 Å². The number of hydrogen-bond donors (Lipinski definition) is 2. The molecule has 1 unspecified atom stereocenters. The van der Waals surface area contributed by atoms with Crippen LogP contribution >= 0.6 is 0 Å². The third kappa shape index (κ3) is 4.12.